The number of hydrogen-bond acceptors (Lipinski definition) is 4. The molecule has 0 saturated carbocycles. The number of para-hydroxylation sites is 5. The normalized spacial score (nSPS) is 11.4. The molecule has 0 N–H and O–H groups in total. The van der Waals surface area contributed by atoms with Crippen LogP contribution in [0.4, 0.5) is 0 Å². The van der Waals surface area contributed by atoms with Crippen molar-refractivity contribution in [1.82, 2.24) is 23.9 Å². The van der Waals surface area contributed by atoms with E-state index in [1.807, 2.05) is 72.8 Å². The van der Waals surface area contributed by atoms with Gasteiger partial charge in [0.2, 0.25) is 0 Å². The third kappa shape index (κ3) is 9.22. The summed E-state index contributed by atoms with van der Waals surface area (Å²) < 4.78 is 20.1. The summed E-state index contributed by atoms with van der Waals surface area (Å²) in [5, 5.41) is 15.1. The van der Waals surface area contributed by atoms with Crippen LogP contribution < -0.4 is 9.47 Å². The van der Waals surface area contributed by atoms with Crippen LogP contribution in [-0.4, -0.2) is 23.9 Å². The fourth-order valence-corrected chi connectivity index (χ4v) is 11.3. The number of hydrogen-bond donors (Lipinski definition) is 0. The summed E-state index contributed by atoms with van der Waals surface area (Å²) in [6.45, 7) is 8.56. The zero-order chi connectivity index (χ0) is 54.2. The minimum Gasteiger partial charge on any atom is -0.489 e. The molecule has 14 aromatic rings. The maximum Gasteiger partial charge on any atom is 0.169 e. The minimum absolute atomic E-state index is 0.353. The summed E-state index contributed by atoms with van der Waals surface area (Å²) in [5.74, 6) is 2.58. The number of aromatic nitrogens is 5. The molecule has 11 aromatic carbocycles. The standard InChI is InChI=1S/C74H53N5O2/c1-3-50-32-36-52(37-33-50)48-80-63-45-59(46-64(47-63)81-49-53-38-34-51(4-2)35-39-53)74-76-75-73(79(74)60-20-6-5-7-21-60)58-41-56(54-18-16-22-61(43-54)77-69-28-12-8-24-65(69)66-25-9-13-29-70(66)77)40-57(42-58)55-19-17-23-62(44-55)78-71-30-14-10-26-67(71)68-27-11-15-31-72(68)78/h3-47H,1-2,48-49H2. The largest absolute Gasteiger partial charge is 0.489 e. The molecule has 81 heavy (non-hydrogen) atoms. The van der Waals surface area contributed by atoms with Gasteiger partial charge >= 0.3 is 0 Å². The lowest BCUT2D eigenvalue weighted by Crippen LogP contribution is -2.02. The lowest BCUT2D eigenvalue weighted by Gasteiger charge is -2.16. The SMILES string of the molecule is C=Cc1ccc(COc2cc(OCc3ccc(C=C)cc3)cc(-c3nnc(-c4cc(-c5cccc(-n6c7ccccc7c7ccccc76)c5)cc(-c5cccc(-n6c7ccccc7c7ccccc76)c5)c4)n3-c3ccccc3)c2)cc1. The van der Waals surface area contributed by atoms with Gasteiger partial charge in [-0.3, -0.25) is 4.57 Å². The predicted molar refractivity (Wildman–Crippen MR) is 334 cm³/mol. The molecule has 0 amide bonds. The molecule has 0 unspecified atom stereocenters. The Labute approximate surface area is 469 Å². The number of fused-ring (bicyclic) bond motifs is 6. The van der Waals surface area contributed by atoms with Gasteiger partial charge in [0.05, 0.1) is 22.1 Å². The topological polar surface area (TPSA) is 59.0 Å². The van der Waals surface area contributed by atoms with Crippen LogP contribution in [0, 0.1) is 0 Å². The average Bonchev–Trinajstić information content (AvgIpc) is 4.45. The van der Waals surface area contributed by atoms with Crippen molar-refractivity contribution in [2.24, 2.45) is 0 Å². The van der Waals surface area contributed by atoms with E-state index >= 15 is 0 Å². The monoisotopic (exact) mass is 1040 g/mol. The van der Waals surface area contributed by atoms with E-state index in [0.29, 0.717) is 36.4 Å². The first kappa shape index (κ1) is 48.6. The fraction of sp³-hybridized carbons (Fsp3) is 0.0270. The molecule has 0 aliphatic rings. The molecule has 3 aromatic heterocycles. The molecule has 7 nitrogen and oxygen atoms in total. The second kappa shape index (κ2) is 20.9. The Morgan fingerprint density at radius 1 is 0.309 bits per heavy atom. The second-order valence-electron chi connectivity index (χ2n) is 20.3. The number of ether oxygens (including phenoxy) is 2. The van der Waals surface area contributed by atoms with E-state index in [-0.39, 0.29) is 0 Å². The predicted octanol–water partition coefficient (Wildman–Crippen LogP) is 18.6. The van der Waals surface area contributed by atoms with Gasteiger partial charge in [-0.25, -0.2) is 0 Å². The van der Waals surface area contributed by atoms with Crippen LogP contribution >= 0.6 is 0 Å². The highest BCUT2D eigenvalue weighted by Crippen LogP contribution is 2.40. The first-order valence-corrected chi connectivity index (χ1v) is 27.2. The van der Waals surface area contributed by atoms with Gasteiger partial charge < -0.3 is 18.6 Å². The fourth-order valence-electron chi connectivity index (χ4n) is 11.3. The van der Waals surface area contributed by atoms with Crippen molar-refractivity contribution in [1.29, 1.82) is 0 Å². The van der Waals surface area contributed by atoms with E-state index in [2.05, 4.69) is 227 Å². The average molecular weight is 1040 g/mol. The highest BCUT2D eigenvalue weighted by molar-refractivity contribution is 6.10. The van der Waals surface area contributed by atoms with Gasteiger partial charge in [-0.15, -0.1) is 10.2 Å². The Kier molecular flexibility index (Phi) is 12.5. The zero-order valence-electron chi connectivity index (χ0n) is 44.4. The molecule has 14 rings (SSSR count). The molecule has 0 radical (unpaired) electrons. The van der Waals surface area contributed by atoms with Crippen molar-refractivity contribution in [2.75, 3.05) is 0 Å². The van der Waals surface area contributed by atoms with Gasteiger partial charge in [0.1, 0.15) is 24.7 Å². The van der Waals surface area contributed by atoms with Gasteiger partial charge in [-0.1, -0.05) is 189 Å². The third-order valence-corrected chi connectivity index (χ3v) is 15.3. The number of benzene rings is 11. The minimum atomic E-state index is 0.353. The summed E-state index contributed by atoms with van der Waals surface area (Å²) >= 11 is 0. The number of rotatable bonds is 15. The summed E-state index contributed by atoms with van der Waals surface area (Å²) in [4.78, 5) is 0. The van der Waals surface area contributed by atoms with E-state index in [0.717, 1.165) is 94.8 Å². The Morgan fingerprint density at radius 3 is 1.10 bits per heavy atom. The third-order valence-electron chi connectivity index (χ3n) is 15.3. The van der Waals surface area contributed by atoms with Crippen molar-refractivity contribution >= 4 is 55.8 Å². The second-order valence-corrected chi connectivity index (χ2v) is 20.3. The van der Waals surface area contributed by atoms with Crippen LogP contribution in [0.25, 0.3) is 118 Å². The van der Waals surface area contributed by atoms with Crippen LogP contribution in [0.2, 0.25) is 0 Å². The van der Waals surface area contributed by atoms with E-state index in [1.54, 1.807) is 0 Å². The van der Waals surface area contributed by atoms with Crippen LogP contribution in [0.3, 0.4) is 0 Å². The van der Waals surface area contributed by atoms with E-state index in [1.165, 1.54) is 21.5 Å². The van der Waals surface area contributed by atoms with Gasteiger partial charge in [0.15, 0.2) is 11.6 Å². The van der Waals surface area contributed by atoms with E-state index in [9.17, 15) is 0 Å². The Bertz CT molecular complexity index is 4320. The molecule has 7 heteroatoms. The molecule has 0 fully saturated rings. The lowest BCUT2D eigenvalue weighted by atomic mass is 9.95. The van der Waals surface area contributed by atoms with Gasteiger partial charge in [-0.05, 0) is 136 Å². The van der Waals surface area contributed by atoms with Gasteiger partial charge in [0.25, 0.3) is 0 Å². The van der Waals surface area contributed by atoms with Crippen molar-refractivity contribution in [3.05, 3.63) is 296 Å². The van der Waals surface area contributed by atoms with Crippen molar-refractivity contribution in [2.45, 2.75) is 13.2 Å². The van der Waals surface area contributed by atoms with Crippen LogP contribution in [0.1, 0.15) is 22.3 Å². The smallest absolute Gasteiger partial charge is 0.169 e. The van der Waals surface area contributed by atoms with E-state index in [4.69, 9.17) is 19.7 Å². The maximum atomic E-state index is 6.61. The molecule has 0 bridgehead atoms. The molecular weight excluding hydrogens is 991 g/mol. The summed E-state index contributed by atoms with van der Waals surface area (Å²) in [5.41, 5.74) is 17.7. The molecule has 0 spiro atoms. The van der Waals surface area contributed by atoms with Crippen LogP contribution in [-0.2, 0) is 13.2 Å². The lowest BCUT2D eigenvalue weighted by molar-refractivity contribution is 0.290. The van der Waals surface area contributed by atoms with Crippen molar-refractivity contribution in [3.63, 3.8) is 0 Å². The molecule has 386 valence electrons. The molecular formula is C74H53N5O2. The molecule has 0 atom stereocenters. The molecule has 0 aliphatic heterocycles. The van der Waals surface area contributed by atoms with Crippen molar-refractivity contribution in [3.8, 4) is 73.6 Å². The summed E-state index contributed by atoms with van der Waals surface area (Å²) in [6, 6.07) is 91.9. The Morgan fingerprint density at radius 2 is 0.679 bits per heavy atom. The van der Waals surface area contributed by atoms with E-state index < -0.39 is 0 Å². The highest BCUT2D eigenvalue weighted by atomic mass is 16.5. The summed E-state index contributed by atoms with van der Waals surface area (Å²) in [6.07, 6.45) is 3.68. The molecule has 0 aliphatic carbocycles. The maximum absolute atomic E-state index is 6.61. The van der Waals surface area contributed by atoms with Crippen LogP contribution in [0.15, 0.2) is 274 Å². The first-order chi connectivity index (χ1) is 40.0. The Balaban J connectivity index is 0.941. The van der Waals surface area contributed by atoms with Crippen LogP contribution in [0.5, 0.6) is 11.5 Å². The molecule has 0 saturated heterocycles. The Hall–Kier alpha value is -10.8. The van der Waals surface area contributed by atoms with Gasteiger partial charge in [-0.2, -0.15) is 0 Å². The highest BCUT2D eigenvalue weighted by Gasteiger charge is 2.22. The molecule has 3 heterocycles. The van der Waals surface area contributed by atoms with Crippen molar-refractivity contribution < 1.29 is 9.47 Å². The zero-order valence-corrected chi connectivity index (χ0v) is 44.4. The number of nitrogens with zero attached hydrogens (tertiary/aromatic N) is 5. The summed E-state index contributed by atoms with van der Waals surface area (Å²) in [7, 11) is 0. The first-order valence-electron chi connectivity index (χ1n) is 27.2. The quantitative estimate of drug-likeness (QED) is 0.103. The van der Waals surface area contributed by atoms with Gasteiger partial charge in [0, 0.05) is 55.8 Å².